The Labute approximate surface area is 102 Å². The van der Waals surface area contributed by atoms with E-state index in [1.54, 1.807) is 0 Å². The predicted molar refractivity (Wildman–Crippen MR) is 59.6 cm³/mol. The van der Waals surface area contributed by atoms with Crippen molar-refractivity contribution in [2.75, 3.05) is 0 Å². The van der Waals surface area contributed by atoms with E-state index in [2.05, 4.69) is 4.99 Å². The van der Waals surface area contributed by atoms with E-state index in [4.69, 9.17) is 11.6 Å². The normalized spacial score (nSPS) is 17.8. The van der Waals surface area contributed by atoms with Crippen molar-refractivity contribution in [1.82, 2.24) is 0 Å². The molecule has 0 aromatic heterocycles. The Morgan fingerprint density at radius 1 is 1.24 bits per heavy atom. The summed E-state index contributed by atoms with van der Waals surface area (Å²) < 4.78 is 26.2. The number of hydrogen-bond donors (Lipinski definition) is 0. The number of rotatable bonds is 2. The first-order valence-corrected chi connectivity index (χ1v) is 5.71. The average molecular weight is 258 g/mol. The van der Waals surface area contributed by atoms with Crippen molar-refractivity contribution in [2.24, 2.45) is 4.99 Å². The van der Waals surface area contributed by atoms with Crippen molar-refractivity contribution >= 4 is 17.7 Å². The molecular weight excluding hydrogens is 248 g/mol. The second-order valence-electron chi connectivity index (χ2n) is 4.19. The third-order valence-electron chi connectivity index (χ3n) is 3.20. The lowest BCUT2D eigenvalue weighted by atomic mass is 9.89. The number of nitrogens with zero attached hydrogens (tertiary/aromatic N) is 1. The maximum Gasteiger partial charge on any atom is 0.235 e. The lowest BCUT2D eigenvalue weighted by molar-refractivity contribution is 0.446. The van der Waals surface area contributed by atoms with Crippen LogP contribution in [-0.2, 0) is 10.3 Å². The third kappa shape index (κ3) is 2.11. The lowest BCUT2D eigenvalue weighted by Gasteiger charge is -2.24. The van der Waals surface area contributed by atoms with Gasteiger partial charge in [0.25, 0.3) is 0 Å². The van der Waals surface area contributed by atoms with Gasteiger partial charge in [0.2, 0.25) is 6.08 Å². The van der Waals surface area contributed by atoms with Crippen molar-refractivity contribution in [3.05, 3.63) is 34.4 Å². The van der Waals surface area contributed by atoms with Crippen molar-refractivity contribution in [3.63, 3.8) is 0 Å². The van der Waals surface area contributed by atoms with Gasteiger partial charge in [0.15, 0.2) is 11.6 Å². The number of benzene rings is 1. The number of carbonyl (C=O) groups excluding carboxylic acids is 1. The van der Waals surface area contributed by atoms with Crippen LogP contribution < -0.4 is 0 Å². The molecule has 90 valence electrons. The second kappa shape index (κ2) is 4.55. The molecular formula is C12H10ClF2NO. The molecule has 1 aromatic carbocycles. The van der Waals surface area contributed by atoms with Crippen LogP contribution in [0.15, 0.2) is 17.1 Å². The van der Waals surface area contributed by atoms with E-state index in [1.165, 1.54) is 6.08 Å². The number of halogens is 3. The smallest absolute Gasteiger partial charge is 0.211 e. The topological polar surface area (TPSA) is 29.4 Å². The molecule has 0 saturated heterocycles. The highest BCUT2D eigenvalue weighted by atomic mass is 35.5. The van der Waals surface area contributed by atoms with Crippen molar-refractivity contribution in [3.8, 4) is 0 Å². The summed E-state index contributed by atoms with van der Waals surface area (Å²) in [5.41, 5.74) is -0.452. The largest absolute Gasteiger partial charge is 0.235 e. The fourth-order valence-corrected chi connectivity index (χ4v) is 2.69. The highest BCUT2D eigenvalue weighted by molar-refractivity contribution is 6.31. The molecule has 0 heterocycles. The van der Waals surface area contributed by atoms with Gasteiger partial charge >= 0.3 is 0 Å². The Morgan fingerprint density at radius 3 is 2.41 bits per heavy atom. The first-order valence-electron chi connectivity index (χ1n) is 5.33. The van der Waals surface area contributed by atoms with Crippen LogP contribution in [0.3, 0.4) is 0 Å². The first kappa shape index (κ1) is 12.2. The summed E-state index contributed by atoms with van der Waals surface area (Å²) in [7, 11) is 0. The van der Waals surface area contributed by atoms with Gasteiger partial charge in [-0.15, -0.1) is 0 Å². The molecule has 1 aliphatic rings. The predicted octanol–water partition coefficient (Wildman–Crippen LogP) is 3.72. The molecule has 17 heavy (non-hydrogen) atoms. The maximum atomic E-state index is 13.2. The minimum absolute atomic E-state index is 0.102. The van der Waals surface area contributed by atoms with Crippen molar-refractivity contribution in [2.45, 2.75) is 31.2 Å². The molecule has 0 atom stereocenters. The van der Waals surface area contributed by atoms with Crippen LogP contribution in [0.4, 0.5) is 8.78 Å². The van der Waals surface area contributed by atoms with E-state index in [9.17, 15) is 13.6 Å². The van der Waals surface area contributed by atoms with Gasteiger partial charge < -0.3 is 0 Å². The van der Waals surface area contributed by atoms with Gasteiger partial charge in [0, 0.05) is 10.6 Å². The highest BCUT2D eigenvalue weighted by Gasteiger charge is 2.38. The Kier molecular flexibility index (Phi) is 3.27. The van der Waals surface area contributed by atoms with Gasteiger partial charge in [-0.25, -0.2) is 13.6 Å². The van der Waals surface area contributed by atoms with Gasteiger partial charge in [0.05, 0.1) is 5.54 Å². The minimum Gasteiger partial charge on any atom is -0.211 e. The van der Waals surface area contributed by atoms with Gasteiger partial charge in [-0.3, -0.25) is 0 Å². The van der Waals surface area contributed by atoms with Gasteiger partial charge in [-0.2, -0.15) is 4.99 Å². The van der Waals surface area contributed by atoms with Crippen LogP contribution >= 0.6 is 11.6 Å². The van der Waals surface area contributed by atoms with Gasteiger partial charge in [-0.1, -0.05) is 24.4 Å². The Balaban J connectivity index is 2.57. The Morgan fingerprint density at radius 2 is 1.82 bits per heavy atom. The van der Waals surface area contributed by atoms with Crippen LogP contribution in [0.5, 0.6) is 0 Å². The molecule has 0 bridgehead atoms. The summed E-state index contributed by atoms with van der Waals surface area (Å²) >= 11 is 5.91. The molecule has 1 aliphatic carbocycles. The average Bonchev–Trinajstić information content (AvgIpc) is 2.73. The molecule has 0 aliphatic heterocycles. The van der Waals surface area contributed by atoms with Crippen LogP contribution in [0.2, 0.25) is 5.02 Å². The highest BCUT2D eigenvalue weighted by Crippen LogP contribution is 2.45. The van der Waals surface area contributed by atoms with Crippen molar-refractivity contribution < 1.29 is 13.6 Å². The molecule has 1 aromatic rings. The monoisotopic (exact) mass is 257 g/mol. The fourth-order valence-electron chi connectivity index (χ4n) is 2.37. The van der Waals surface area contributed by atoms with Gasteiger partial charge in [0.1, 0.15) is 0 Å². The van der Waals surface area contributed by atoms with E-state index in [-0.39, 0.29) is 5.02 Å². The zero-order valence-corrected chi connectivity index (χ0v) is 9.73. The SMILES string of the molecule is O=C=NC1(c2cc(F)c(F)cc2Cl)CCCC1. The van der Waals surface area contributed by atoms with E-state index < -0.39 is 17.2 Å². The molecule has 0 amide bonds. The van der Waals surface area contributed by atoms with E-state index in [0.717, 1.165) is 25.0 Å². The minimum atomic E-state index is -0.998. The molecule has 0 N–H and O–H groups in total. The zero-order chi connectivity index (χ0) is 12.5. The van der Waals surface area contributed by atoms with E-state index in [1.807, 2.05) is 0 Å². The molecule has 0 radical (unpaired) electrons. The standard InChI is InChI=1S/C12H10ClF2NO/c13-9-6-11(15)10(14)5-8(9)12(16-7-17)3-1-2-4-12/h5-6H,1-4H2. The molecule has 0 unspecified atom stereocenters. The summed E-state index contributed by atoms with van der Waals surface area (Å²) in [6.07, 6.45) is 4.47. The summed E-state index contributed by atoms with van der Waals surface area (Å²) in [5, 5.41) is 0.102. The lowest BCUT2D eigenvalue weighted by Crippen LogP contribution is -2.20. The molecule has 0 spiro atoms. The van der Waals surface area contributed by atoms with Crippen LogP contribution in [0, 0.1) is 11.6 Å². The molecule has 1 fully saturated rings. The Bertz CT molecular complexity index is 492. The second-order valence-corrected chi connectivity index (χ2v) is 4.60. The summed E-state index contributed by atoms with van der Waals surface area (Å²) in [6, 6.07) is 1.95. The summed E-state index contributed by atoms with van der Waals surface area (Å²) in [4.78, 5) is 14.3. The third-order valence-corrected chi connectivity index (χ3v) is 3.51. The number of aliphatic imine (C=N–C) groups is 1. The van der Waals surface area contributed by atoms with Crippen LogP contribution in [0.1, 0.15) is 31.2 Å². The van der Waals surface area contributed by atoms with Gasteiger partial charge in [-0.05, 0) is 25.0 Å². The first-order chi connectivity index (χ1) is 8.09. The molecule has 5 heteroatoms. The maximum absolute atomic E-state index is 13.2. The fraction of sp³-hybridized carbons (Fsp3) is 0.417. The van der Waals surface area contributed by atoms with Crippen molar-refractivity contribution in [1.29, 1.82) is 0 Å². The molecule has 2 rings (SSSR count). The van der Waals surface area contributed by atoms with E-state index in [0.29, 0.717) is 18.4 Å². The summed E-state index contributed by atoms with van der Waals surface area (Å²) in [6.45, 7) is 0. The number of isocyanates is 1. The van der Waals surface area contributed by atoms with E-state index >= 15 is 0 Å². The number of hydrogen-bond acceptors (Lipinski definition) is 2. The van der Waals surface area contributed by atoms with Crippen LogP contribution in [0.25, 0.3) is 0 Å². The quantitative estimate of drug-likeness (QED) is 0.451. The molecule has 1 saturated carbocycles. The zero-order valence-electron chi connectivity index (χ0n) is 8.97. The summed E-state index contributed by atoms with van der Waals surface area (Å²) in [5.74, 6) is -1.97. The Hall–Kier alpha value is -1.25. The van der Waals surface area contributed by atoms with Crippen LogP contribution in [-0.4, -0.2) is 6.08 Å². The molecule has 2 nitrogen and oxygen atoms in total.